The number of amides is 1. The maximum absolute atomic E-state index is 12.0. The van der Waals surface area contributed by atoms with Crippen LogP contribution in [0, 0.1) is 0 Å². The number of halogens is 1. The van der Waals surface area contributed by atoms with Gasteiger partial charge in [-0.25, -0.2) is 8.42 Å². The summed E-state index contributed by atoms with van der Waals surface area (Å²) in [5.41, 5.74) is 0.913. The summed E-state index contributed by atoms with van der Waals surface area (Å²) < 4.78 is 27.4. The second kappa shape index (κ2) is 6.56. The van der Waals surface area contributed by atoms with Gasteiger partial charge in [0.15, 0.2) is 0 Å². The Morgan fingerprint density at radius 2 is 1.80 bits per heavy atom. The van der Waals surface area contributed by atoms with Crippen molar-refractivity contribution in [1.82, 2.24) is 4.90 Å². The van der Waals surface area contributed by atoms with Crippen molar-refractivity contribution < 1.29 is 17.9 Å². The average Bonchev–Trinajstić information content (AvgIpc) is 2.45. The highest BCUT2D eigenvalue weighted by Gasteiger charge is 2.16. The van der Waals surface area contributed by atoms with E-state index < -0.39 is 9.05 Å². The highest BCUT2D eigenvalue weighted by Crippen LogP contribution is 2.16. The van der Waals surface area contributed by atoms with Crippen molar-refractivity contribution in [3.63, 3.8) is 0 Å². The van der Waals surface area contributed by atoms with E-state index in [2.05, 4.69) is 0 Å². The van der Waals surface area contributed by atoms with E-state index in [9.17, 15) is 13.2 Å². The molecule has 0 bridgehead atoms. The number of benzene rings is 1. The first-order chi connectivity index (χ1) is 9.47. The largest absolute Gasteiger partial charge is 0.378 e. The molecule has 0 aromatic heterocycles. The molecule has 0 atom stereocenters. The smallest absolute Gasteiger partial charge is 0.261 e. The van der Waals surface area contributed by atoms with E-state index >= 15 is 0 Å². The van der Waals surface area contributed by atoms with Crippen molar-refractivity contribution >= 4 is 25.6 Å². The lowest BCUT2D eigenvalue weighted by molar-refractivity contribution is -0.135. The van der Waals surface area contributed by atoms with Gasteiger partial charge in [0, 0.05) is 30.2 Å². The minimum absolute atomic E-state index is 0.0717. The molecule has 0 aliphatic carbocycles. The maximum atomic E-state index is 12.0. The van der Waals surface area contributed by atoms with Gasteiger partial charge in [0.25, 0.3) is 9.05 Å². The van der Waals surface area contributed by atoms with Crippen LogP contribution in [0.25, 0.3) is 0 Å². The molecule has 20 heavy (non-hydrogen) atoms. The number of nitrogens with zero attached hydrogens (tertiary/aromatic N) is 1. The lowest BCUT2D eigenvalue weighted by Crippen LogP contribution is -2.40. The molecular formula is C13H16ClNO4S. The second-order valence-electron chi connectivity index (χ2n) is 4.57. The Balaban J connectivity index is 1.89. The minimum atomic E-state index is -3.68. The molecular weight excluding hydrogens is 302 g/mol. The summed E-state index contributed by atoms with van der Waals surface area (Å²) in [6.45, 7) is 2.46. The van der Waals surface area contributed by atoms with Gasteiger partial charge in [-0.2, -0.15) is 0 Å². The molecule has 1 aliphatic heterocycles. The standard InChI is InChI=1S/C13H16ClNO4S/c14-20(17,18)12-4-1-11(2-5-12)3-6-13(16)15-7-9-19-10-8-15/h1-2,4-5H,3,6-10H2. The van der Waals surface area contributed by atoms with Crippen LogP contribution in [0.15, 0.2) is 29.2 Å². The molecule has 0 N–H and O–H groups in total. The lowest BCUT2D eigenvalue weighted by Gasteiger charge is -2.26. The third-order valence-corrected chi connectivity index (χ3v) is 4.57. The van der Waals surface area contributed by atoms with Gasteiger partial charge in [0.1, 0.15) is 0 Å². The fourth-order valence-corrected chi connectivity index (χ4v) is 2.81. The number of hydrogen-bond donors (Lipinski definition) is 0. The fraction of sp³-hybridized carbons (Fsp3) is 0.462. The normalized spacial score (nSPS) is 16.1. The van der Waals surface area contributed by atoms with Crippen LogP contribution in [0.4, 0.5) is 0 Å². The summed E-state index contributed by atoms with van der Waals surface area (Å²) >= 11 is 0. The molecule has 1 aromatic carbocycles. The van der Waals surface area contributed by atoms with Crippen molar-refractivity contribution in [1.29, 1.82) is 0 Å². The Morgan fingerprint density at radius 3 is 2.35 bits per heavy atom. The molecule has 0 radical (unpaired) electrons. The van der Waals surface area contributed by atoms with Crippen LogP contribution in [0.2, 0.25) is 0 Å². The van der Waals surface area contributed by atoms with Crippen molar-refractivity contribution in [2.24, 2.45) is 0 Å². The molecule has 5 nitrogen and oxygen atoms in total. The fourth-order valence-electron chi connectivity index (χ4n) is 2.04. The highest BCUT2D eigenvalue weighted by molar-refractivity contribution is 8.13. The van der Waals surface area contributed by atoms with Crippen LogP contribution in [-0.4, -0.2) is 45.5 Å². The number of aryl methyl sites for hydroxylation is 1. The van der Waals surface area contributed by atoms with Gasteiger partial charge in [-0.05, 0) is 24.1 Å². The molecule has 7 heteroatoms. The van der Waals surface area contributed by atoms with Crippen LogP contribution < -0.4 is 0 Å². The zero-order chi connectivity index (χ0) is 14.6. The Bertz CT molecular complexity index is 565. The predicted octanol–water partition coefficient (Wildman–Crippen LogP) is 1.41. The zero-order valence-electron chi connectivity index (χ0n) is 10.9. The molecule has 1 aromatic rings. The molecule has 0 spiro atoms. The molecule has 1 heterocycles. The van der Waals surface area contributed by atoms with Gasteiger partial charge in [-0.3, -0.25) is 4.79 Å². The van der Waals surface area contributed by atoms with Gasteiger partial charge >= 0.3 is 0 Å². The van der Waals surface area contributed by atoms with Crippen molar-refractivity contribution in [2.75, 3.05) is 26.3 Å². The van der Waals surface area contributed by atoms with Crippen molar-refractivity contribution in [3.8, 4) is 0 Å². The third kappa shape index (κ3) is 4.19. The summed E-state index contributed by atoms with van der Waals surface area (Å²) in [6, 6.07) is 6.28. The van der Waals surface area contributed by atoms with E-state index in [-0.39, 0.29) is 10.8 Å². The van der Waals surface area contributed by atoms with E-state index in [0.29, 0.717) is 39.1 Å². The molecule has 1 aliphatic rings. The number of morpholine rings is 1. The van der Waals surface area contributed by atoms with Gasteiger partial charge in [-0.15, -0.1) is 0 Å². The van der Waals surface area contributed by atoms with E-state index in [4.69, 9.17) is 15.4 Å². The topological polar surface area (TPSA) is 63.7 Å². The summed E-state index contributed by atoms with van der Waals surface area (Å²) in [4.78, 5) is 13.8. The number of carbonyl (C=O) groups excluding carboxylic acids is 1. The quantitative estimate of drug-likeness (QED) is 0.788. The molecule has 0 saturated carbocycles. The number of ether oxygens (including phenoxy) is 1. The number of carbonyl (C=O) groups is 1. The SMILES string of the molecule is O=C(CCc1ccc(S(=O)(=O)Cl)cc1)N1CCOCC1. The predicted molar refractivity (Wildman–Crippen MR) is 75.2 cm³/mol. The van der Waals surface area contributed by atoms with E-state index in [0.717, 1.165) is 5.56 Å². The molecule has 110 valence electrons. The first-order valence-corrected chi connectivity index (χ1v) is 8.67. The van der Waals surface area contributed by atoms with Crippen LogP contribution in [0.1, 0.15) is 12.0 Å². The van der Waals surface area contributed by atoms with Crippen molar-refractivity contribution in [2.45, 2.75) is 17.7 Å². The minimum Gasteiger partial charge on any atom is -0.378 e. The van der Waals surface area contributed by atoms with Crippen LogP contribution in [-0.2, 0) is 25.0 Å². The average molecular weight is 318 g/mol. The number of hydrogen-bond acceptors (Lipinski definition) is 4. The van der Waals surface area contributed by atoms with E-state index in [1.807, 2.05) is 0 Å². The monoisotopic (exact) mass is 317 g/mol. The van der Waals surface area contributed by atoms with Crippen LogP contribution in [0.5, 0.6) is 0 Å². The highest BCUT2D eigenvalue weighted by atomic mass is 35.7. The molecule has 2 rings (SSSR count). The first-order valence-electron chi connectivity index (χ1n) is 6.36. The second-order valence-corrected chi connectivity index (χ2v) is 7.14. The Kier molecular flexibility index (Phi) is 5.01. The summed E-state index contributed by atoms with van der Waals surface area (Å²) in [5.74, 6) is 0.0994. The Morgan fingerprint density at radius 1 is 1.20 bits per heavy atom. The van der Waals surface area contributed by atoms with Crippen molar-refractivity contribution in [3.05, 3.63) is 29.8 Å². The lowest BCUT2D eigenvalue weighted by atomic mass is 10.1. The molecule has 1 saturated heterocycles. The summed E-state index contributed by atoms with van der Waals surface area (Å²) in [5, 5.41) is 0. The van der Waals surface area contributed by atoms with Gasteiger partial charge in [0.2, 0.25) is 5.91 Å². The van der Waals surface area contributed by atoms with Gasteiger partial charge < -0.3 is 9.64 Å². The Labute approximate surface area is 122 Å². The zero-order valence-corrected chi connectivity index (χ0v) is 12.5. The molecule has 1 amide bonds. The molecule has 1 fully saturated rings. The Hall–Kier alpha value is -1.11. The van der Waals surface area contributed by atoms with Gasteiger partial charge in [-0.1, -0.05) is 12.1 Å². The van der Waals surface area contributed by atoms with Crippen LogP contribution >= 0.6 is 10.7 Å². The first kappa shape index (κ1) is 15.3. The van der Waals surface area contributed by atoms with E-state index in [1.165, 1.54) is 12.1 Å². The summed E-state index contributed by atoms with van der Waals surface area (Å²) in [6.07, 6.45) is 0.992. The maximum Gasteiger partial charge on any atom is 0.261 e. The third-order valence-electron chi connectivity index (χ3n) is 3.20. The molecule has 0 unspecified atom stereocenters. The van der Waals surface area contributed by atoms with E-state index in [1.54, 1.807) is 17.0 Å². The number of rotatable bonds is 4. The van der Waals surface area contributed by atoms with Crippen LogP contribution in [0.3, 0.4) is 0 Å². The van der Waals surface area contributed by atoms with Gasteiger partial charge in [0.05, 0.1) is 18.1 Å². The summed E-state index contributed by atoms with van der Waals surface area (Å²) in [7, 11) is 1.55.